The van der Waals surface area contributed by atoms with Crippen LogP contribution in [0, 0.1) is 35.0 Å². The van der Waals surface area contributed by atoms with Gasteiger partial charge in [0.1, 0.15) is 0 Å². The van der Waals surface area contributed by atoms with E-state index in [1.54, 1.807) is 4.90 Å². The summed E-state index contributed by atoms with van der Waals surface area (Å²) < 4.78 is 39.3. The maximum atomic E-state index is 13.5. The molecule has 0 N–H and O–H groups in total. The van der Waals surface area contributed by atoms with E-state index in [0.29, 0.717) is 44.9 Å². The maximum Gasteiger partial charge on any atom is 0.391 e. The van der Waals surface area contributed by atoms with Gasteiger partial charge in [-0.25, -0.2) is 0 Å². The van der Waals surface area contributed by atoms with Crippen molar-refractivity contribution < 1.29 is 22.8 Å². The van der Waals surface area contributed by atoms with Gasteiger partial charge in [-0.2, -0.15) is 13.2 Å². The monoisotopic (exact) mass is 426 g/mol. The Balaban J connectivity index is 1.18. The molecule has 2 atom stereocenters. The van der Waals surface area contributed by atoms with Crippen molar-refractivity contribution in [3.8, 4) is 0 Å². The molecule has 0 aromatic carbocycles. The summed E-state index contributed by atoms with van der Waals surface area (Å²) in [5, 5.41) is 0. The molecule has 6 aliphatic rings. The minimum atomic E-state index is -4.21. The van der Waals surface area contributed by atoms with E-state index >= 15 is 0 Å². The molecule has 2 unspecified atom stereocenters. The maximum absolute atomic E-state index is 13.5. The lowest BCUT2D eigenvalue weighted by Gasteiger charge is -2.57. The Labute approximate surface area is 176 Å². The van der Waals surface area contributed by atoms with Crippen LogP contribution in [0.25, 0.3) is 0 Å². The van der Waals surface area contributed by atoms with Crippen LogP contribution in [0.3, 0.4) is 0 Å². The minimum Gasteiger partial charge on any atom is -0.339 e. The molecule has 1 aliphatic heterocycles. The Hall–Kier alpha value is -1.27. The van der Waals surface area contributed by atoms with Crippen LogP contribution >= 0.6 is 0 Å². The molecule has 0 spiro atoms. The normalized spacial score (nSPS) is 41.2. The van der Waals surface area contributed by atoms with Crippen molar-refractivity contribution >= 4 is 11.8 Å². The Morgan fingerprint density at radius 2 is 1.30 bits per heavy atom. The lowest BCUT2D eigenvalue weighted by molar-refractivity contribution is -0.187. The molecule has 0 aromatic heterocycles. The Kier molecular flexibility index (Phi) is 5.09. The van der Waals surface area contributed by atoms with Gasteiger partial charge in [0.15, 0.2) is 0 Å². The number of rotatable bonds is 2. The van der Waals surface area contributed by atoms with Gasteiger partial charge in [-0.05, 0) is 75.5 Å². The molecule has 7 heteroatoms. The number of carbonyl (C=O) groups is 2. The van der Waals surface area contributed by atoms with Crippen molar-refractivity contribution in [2.45, 2.75) is 70.4 Å². The summed E-state index contributed by atoms with van der Waals surface area (Å²) in [5.74, 6) is 0.451. The zero-order valence-electron chi connectivity index (χ0n) is 17.6. The van der Waals surface area contributed by atoms with E-state index in [4.69, 9.17) is 0 Å². The Morgan fingerprint density at radius 3 is 1.83 bits per heavy atom. The molecule has 4 nitrogen and oxygen atoms in total. The highest BCUT2D eigenvalue weighted by molar-refractivity contribution is 5.84. The first-order valence-electron chi connectivity index (χ1n) is 11.9. The van der Waals surface area contributed by atoms with Gasteiger partial charge in [0.2, 0.25) is 11.8 Å². The van der Waals surface area contributed by atoms with E-state index in [0.717, 1.165) is 37.0 Å². The van der Waals surface area contributed by atoms with Crippen LogP contribution in [0.1, 0.15) is 64.2 Å². The first-order valence-corrected chi connectivity index (χ1v) is 11.9. The van der Waals surface area contributed by atoms with Crippen LogP contribution in [-0.2, 0) is 9.59 Å². The second kappa shape index (κ2) is 7.40. The van der Waals surface area contributed by atoms with E-state index in [1.165, 1.54) is 19.3 Å². The lowest BCUT2D eigenvalue weighted by atomic mass is 9.49. The van der Waals surface area contributed by atoms with Gasteiger partial charge >= 0.3 is 6.18 Å². The first-order chi connectivity index (χ1) is 14.2. The zero-order valence-corrected chi connectivity index (χ0v) is 17.6. The molecular weight excluding hydrogens is 393 g/mol. The predicted octanol–water partition coefficient (Wildman–Crippen LogP) is 4.24. The quantitative estimate of drug-likeness (QED) is 0.663. The molecule has 30 heavy (non-hydrogen) atoms. The fourth-order valence-electron chi connectivity index (χ4n) is 7.81. The zero-order chi connectivity index (χ0) is 21.1. The molecule has 5 saturated carbocycles. The largest absolute Gasteiger partial charge is 0.391 e. The van der Waals surface area contributed by atoms with E-state index in [-0.39, 0.29) is 24.2 Å². The molecule has 4 bridgehead atoms. The van der Waals surface area contributed by atoms with Crippen molar-refractivity contribution in [2.75, 3.05) is 26.2 Å². The van der Waals surface area contributed by atoms with E-state index in [1.807, 2.05) is 4.90 Å². The van der Waals surface area contributed by atoms with Crippen molar-refractivity contribution in [1.82, 2.24) is 9.80 Å². The second-order valence-corrected chi connectivity index (χ2v) is 10.9. The van der Waals surface area contributed by atoms with Gasteiger partial charge in [0.05, 0.1) is 11.3 Å². The third kappa shape index (κ3) is 3.64. The molecule has 1 heterocycles. The van der Waals surface area contributed by atoms with Gasteiger partial charge in [-0.1, -0.05) is 6.42 Å². The van der Waals surface area contributed by atoms with E-state index in [9.17, 15) is 22.8 Å². The lowest BCUT2D eigenvalue weighted by Crippen LogP contribution is -2.59. The number of alkyl halides is 3. The minimum absolute atomic E-state index is 0.0746. The summed E-state index contributed by atoms with van der Waals surface area (Å²) in [5.41, 5.74) is -0.162. The number of nitrogens with zero attached hydrogens (tertiary/aromatic N) is 2. The van der Waals surface area contributed by atoms with Crippen LogP contribution in [0.4, 0.5) is 13.2 Å². The molecule has 5 aliphatic carbocycles. The van der Waals surface area contributed by atoms with Crippen molar-refractivity contribution in [3.05, 3.63) is 0 Å². The standard InChI is InChI=1S/C23H33F3N2O2/c24-23(25,26)19-3-1-2-18(11-19)20(29)27-4-6-28(7-5-27)21(30)22-12-15-8-16(13-22)10-17(9-15)14-22/h15-19H,1-14H2. The van der Waals surface area contributed by atoms with Gasteiger partial charge < -0.3 is 9.80 Å². The number of halogens is 3. The summed E-state index contributed by atoms with van der Waals surface area (Å²) in [6.45, 7) is 1.98. The fraction of sp³-hybridized carbons (Fsp3) is 0.913. The molecule has 6 fully saturated rings. The molecule has 0 aromatic rings. The Morgan fingerprint density at radius 1 is 0.767 bits per heavy atom. The molecule has 2 amide bonds. The van der Waals surface area contributed by atoms with Crippen molar-refractivity contribution in [2.24, 2.45) is 35.0 Å². The number of amides is 2. The molecule has 0 radical (unpaired) electrons. The predicted molar refractivity (Wildman–Crippen MR) is 105 cm³/mol. The molecular formula is C23H33F3N2O2. The average molecular weight is 427 g/mol. The highest BCUT2D eigenvalue weighted by atomic mass is 19.4. The van der Waals surface area contributed by atoms with Gasteiger partial charge in [0.25, 0.3) is 0 Å². The first kappa shape index (κ1) is 20.6. The molecule has 168 valence electrons. The van der Waals surface area contributed by atoms with Gasteiger partial charge in [-0.3, -0.25) is 9.59 Å². The van der Waals surface area contributed by atoms with Gasteiger partial charge in [-0.15, -0.1) is 0 Å². The van der Waals surface area contributed by atoms with Crippen LogP contribution < -0.4 is 0 Å². The summed E-state index contributed by atoms with van der Waals surface area (Å²) in [7, 11) is 0. The van der Waals surface area contributed by atoms with Gasteiger partial charge in [0, 0.05) is 32.1 Å². The third-order valence-corrected chi connectivity index (χ3v) is 8.86. The number of carbonyl (C=O) groups excluding carboxylic acids is 2. The van der Waals surface area contributed by atoms with Crippen LogP contribution in [-0.4, -0.2) is 54.0 Å². The summed E-state index contributed by atoms with van der Waals surface area (Å²) >= 11 is 0. The fourth-order valence-corrected chi connectivity index (χ4v) is 7.81. The smallest absolute Gasteiger partial charge is 0.339 e. The van der Waals surface area contributed by atoms with E-state index < -0.39 is 18.0 Å². The summed E-state index contributed by atoms with van der Waals surface area (Å²) in [6.07, 6.45) is 3.90. The molecule has 1 saturated heterocycles. The Bertz CT molecular complexity index is 664. The molecule has 6 rings (SSSR count). The topological polar surface area (TPSA) is 40.6 Å². The van der Waals surface area contributed by atoms with Crippen molar-refractivity contribution in [1.29, 1.82) is 0 Å². The summed E-state index contributed by atoms with van der Waals surface area (Å²) in [6, 6.07) is 0. The van der Waals surface area contributed by atoms with Crippen LogP contribution in [0.5, 0.6) is 0 Å². The highest BCUT2D eigenvalue weighted by Crippen LogP contribution is 2.60. The van der Waals surface area contributed by atoms with Crippen molar-refractivity contribution in [3.63, 3.8) is 0 Å². The number of hydrogen-bond acceptors (Lipinski definition) is 2. The third-order valence-electron chi connectivity index (χ3n) is 8.86. The van der Waals surface area contributed by atoms with Crippen LogP contribution in [0.2, 0.25) is 0 Å². The number of piperazine rings is 1. The number of hydrogen-bond donors (Lipinski definition) is 0. The van der Waals surface area contributed by atoms with E-state index in [2.05, 4.69) is 0 Å². The SMILES string of the molecule is O=C(C1CCCC(C(F)(F)F)C1)N1CCN(C(=O)C23CC4CC(CC(C4)C2)C3)CC1. The summed E-state index contributed by atoms with van der Waals surface area (Å²) in [4.78, 5) is 30.0. The second-order valence-electron chi connectivity index (χ2n) is 10.9. The van der Waals surface area contributed by atoms with Crippen LogP contribution in [0.15, 0.2) is 0 Å². The average Bonchev–Trinajstić information content (AvgIpc) is 2.71. The highest BCUT2D eigenvalue weighted by Gasteiger charge is 2.55.